The highest BCUT2D eigenvalue weighted by Gasteiger charge is 2.09. The first-order valence-corrected chi connectivity index (χ1v) is 7.43. The number of carbonyl (C=O) groups excluding carboxylic acids is 1. The van der Waals surface area contributed by atoms with Crippen molar-refractivity contribution in [3.05, 3.63) is 53.6 Å². The first-order chi connectivity index (χ1) is 11.1. The number of carbonyl (C=O) groups is 1. The normalized spacial score (nSPS) is 10.2. The number of aryl methyl sites for hydroxylation is 1. The number of hydrogen-bond acceptors (Lipinski definition) is 4. The van der Waals surface area contributed by atoms with E-state index in [-0.39, 0.29) is 12.5 Å². The van der Waals surface area contributed by atoms with E-state index in [0.717, 1.165) is 23.4 Å². The van der Waals surface area contributed by atoms with E-state index in [4.69, 9.17) is 9.47 Å². The van der Waals surface area contributed by atoms with Gasteiger partial charge >= 0.3 is 0 Å². The molecule has 0 bridgehead atoms. The molecular weight excluding hydrogens is 292 g/mol. The summed E-state index contributed by atoms with van der Waals surface area (Å²) in [5.74, 6) is 0.947. The Balaban J connectivity index is 1.94. The van der Waals surface area contributed by atoms with E-state index < -0.39 is 0 Å². The zero-order valence-corrected chi connectivity index (χ0v) is 13.7. The molecule has 0 radical (unpaired) electrons. The van der Waals surface area contributed by atoms with Gasteiger partial charge in [0.2, 0.25) is 0 Å². The maximum Gasteiger partial charge on any atom is 0.262 e. The van der Waals surface area contributed by atoms with Gasteiger partial charge in [0.05, 0.1) is 7.11 Å². The lowest BCUT2D eigenvalue weighted by atomic mass is 10.2. The molecule has 2 aromatic carbocycles. The number of methoxy groups -OCH3 is 1. The Morgan fingerprint density at radius 3 is 2.48 bits per heavy atom. The lowest BCUT2D eigenvalue weighted by Gasteiger charge is -2.12. The van der Waals surface area contributed by atoms with Gasteiger partial charge in [0.15, 0.2) is 18.1 Å². The van der Waals surface area contributed by atoms with E-state index in [1.54, 1.807) is 7.11 Å². The van der Waals surface area contributed by atoms with Crippen LogP contribution in [0.3, 0.4) is 0 Å². The summed E-state index contributed by atoms with van der Waals surface area (Å²) in [6.45, 7) is 2.67. The number of ether oxygens (including phenoxy) is 2. The van der Waals surface area contributed by atoms with Crippen LogP contribution in [0, 0.1) is 6.92 Å². The van der Waals surface area contributed by atoms with E-state index in [9.17, 15) is 4.79 Å². The minimum atomic E-state index is -0.213. The van der Waals surface area contributed by atoms with Crippen LogP contribution in [0.2, 0.25) is 0 Å². The van der Waals surface area contributed by atoms with Gasteiger partial charge in [-0.1, -0.05) is 23.8 Å². The number of amides is 1. The van der Waals surface area contributed by atoms with Crippen molar-refractivity contribution < 1.29 is 14.3 Å². The smallest absolute Gasteiger partial charge is 0.262 e. The second-order valence-electron chi connectivity index (χ2n) is 5.22. The van der Waals surface area contributed by atoms with Crippen molar-refractivity contribution in [2.75, 3.05) is 26.1 Å². The van der Waals surface area contributed by atoms with E-state index in [2.05, 4.69) is 10.6 Å². The number of rotatable bonds is 7. The molecule has 122 valence electrons. The molecule has 0 aliphatic heterocycles. The number of benzene rings is 2. The van der Waals surface area contributed by atoms with Gasteiger partial charge in [-0.25, -0.2) is 0 Å². The van der Waals surface area contributed by atoms with E-state index in [1.807, 2.05) is 56.4 Å². The molecule has 0 aliphatic rings. The summed E-state index contributed by atoms with van der Waals surface area (Å²) < 4.78 is 10.9. The quantitative estimate of drug-likeness (QED) is 0.825. The topological polar surface area (TPSA) is 59.6 Å². The molecule has 5 nitrogen and oxygen atoms in total. The van der Waals surface area contributed by atoms with Gasteiger partial charge in [-0.3, -0.25) is 4.79 Å². The van der Waals surface area contributed by atoms with Crippen molar-refractivity contribution >= 4 is 11.6 Å². The largest absolute Gasteiger partial charge is 0.493 e. The molecule has 2 rings (SSSR count). The van der Waals surface area contributed by atoms with Crippen molar-refractivity contribution in [2.45, 2.75) is 13.5 Å². The number of nitrogens with one attached hydrogen (secondary N) is 2. The minimum absolute atomic E-state index is 0.0738. The van der Waals surface area contributed by atoms with Gasteiger partial charge in [0.1, 0.15) is 0 Å². The SMILES string of the molecule is CNCc1ccc(OCC(=O)Nc2ccc(C)cc2)c(OC)c1. The van der Waals surface area contributed by atoms with Crippen LogP contribution in [0.1, 0.15) is 11.1 Å². The van der Waals surface area contributed by atoms with Gasteiger partial charge in [0.25, 0.3) is 5.91 Å². The third kappa shape index (κ3) is 5.00. The molecule has 0 spiro atoms. The molecule has 0 fully saturated rings. The van der Waals surface area contributed by atoms with Crippen molar-refractivity contribution in [1.82, 2.24) is 5.32 Å². The van der Waals surface area contributed by atoms with Crippen LogP contribution < -0.4 is 20.1 Å². The second-order valence-corrected chi connectivity index (χ2v) is 5.22. The fourth-order valence-electron chi connectivity index (χ4n) is 2.12. The molecule has 1 amide bonds. The van der Waals surface area contributed by atoms with Crippen LogP contribution in [0.15, 0.2) is 42.5 Å². The summed E-state index contributed by atoms with van der Waals surface area (Å²) in [6, 6.07) is 13.3. The third-order valence-corrected chi connectivity index (χ3v) is 3.30. The predicted molar refractivity (Wildman–Crippen MR) is 91.1 cm³/mol. The third-order valence-electron chi connectivity index (χ3n) is 3.30. The molecule has 0 heterocycles. The van der Waals surface area contributed by atoms with Gasteiger partial charge in [-0.05, 0) is 43.8 Å². The number of hydrogen-bond donors (Lipinski definition) is 2. The molecule has 2 aromatic rings. The molecule has 0 unspecified atom stereocenters. The molecule has 0 aliphatic carbocycles. The fraction of sp³-hybridized carbons (Fsp3) is 0.278. The number of anilines is 1. The Labute approximate surface area is 136 Å². The van der Waals surface area contributed by atoms with Crippen molar-refractivity contribution in [3.8, 4) is 11.5 Å². The summed E-state index contributed by atoms with van der Waals surface area (Å²) in [7, 11) is 3.46. The van der Waals surface area contributed by atoms with Gasteiger partial charge in [0, 0.05) is 12.2 Å². The highest BCUT2D eigenvalue weighted by molar-refractivity contribution is 5.91. The summed E-state index contributed by atoms with van der Waals surface area (Å²) in [4.78, 5) is 12.0. The minimum Gasteiger partial charge on any atom is -0.493 e. The highest BCUT2D eigenvalue weighted by Crippen LogP contribution is 2.28. The van der Waals surface area contributed by atoms with E-state index in [1.165, 1.54) is 0 Å². The van der Waals surface area contributed by atoms with Crippen molar-refractivity contribution in [1.29, 1.82) is 0 Å². The molecule has 5 heteroatoms. The Bertz CT molecular complexity index is 654. The zero-order chi connectivity index (χ0) is 16.7. The molecule has 23 heavy (non-hydrogen) atoms. The van der Waals surface area contributed by atoms with Gasteiger partial charge < -0.3 is 20.1 Å². The van der Waals surface area contributed by atoms with Gasteiger partial charge in [-0.2, -0.15) is 0 Å². The van der Waals surface area contributed by atoms with Crippen LogP contribution in [0.25, 0.3) is 0 Å². The Hall–Kier alpha value is -2.53. The van der Waals surface area contributed by atoms with Crippen molar-refractivity contribution in [2.24, 2.45) is 0 Å². The van der Waals surface area contributed by atoms with Crippen LogP contribution in [0.5, 0.6) is 11.5 Å². The summed E-state index contributed by atoms with van der Waals surface area (Å²) >= 11 is 0. The molecule has 0 saturated heterocycles. The van der Waals surface area contributed by atoms with E-state index >= 15 is 0 Å². The first kappa shape index (κ1) is 16.8. The van der Waals surface area contributed by atoms with Crippen LogP contribution in [-0.4, -0.2) is 26.7 Å². The monoisotopic (exact) mass is 314 g/mol. The fourth-order valence-corrected chi connectivity index (χ4v) is 2.12. The Kier molecular flexibility index (Phi) is 6.00. The molecule has 0 atom stereocenters. The van der Waals surface area contributed by atoms with Crippen LogP contribution in [0.4, 0.5) is 5.69 Å². The van der Waals surface area contributed by atoms with Crippen LogP contribution in [-0.2, 0) is 11.3 Å². The lowest BCUT2D eigenvalue weighted by Crippen LogP contribution is -2.20. The van der Waals surface area contributed by atoms with Crippen molar-refractivity contribution in [3.63, 3.8) is 0 Å². The summed E-state index contributed by atoms with van der Waals surface area (Å²) in [5, 5.41) is 5.87. The average molecular weight is 314 g/mol. The zero-order valence-electron chi connectivity index (χ0n) is 13.7. The highest BCUT2D eigenvalue weighted by atomic mass is 16.5. The molecular formula is C18H22N2O3. The maximum atomic E-state index is 12.0. The second kappa shape index (κ2) is 8.19. The Morgan fingerprint density at radius 1 is 1.09 bits per heavy atom. The first-order valence-electron chi connectivity index (χ1n) is 7.43. The summed E-state index contributed by atoms with van der Waals surface area (Å²) in [6.07, 6.45) is 0. The Morgan fingerprint density at radius 2 is 1.83 bits per heavy atom. The lowest BCUT2D eigenvalue weighted by molar-refractivity contribution is -0.118. The standard InChI is InChI=1S/C18H22N2O3/c1-13-4-7-15(8-5-13)20-18(21)12-23-16-9-6-14(11-19-2)10-17(16)22-3/h4-10,19H,11-12H2,1-3H3,(H,20,21). The maximum absolute atomic E-state index is 12.0. The van der Waals surface area contributed by atoms with Gasteiger partial charge in [-0.15, -0.1) is 0 Å². The van der Waals surface area contributed by atoms with Crippen LogP contribution >= 0.6 is 0 Å². The average Bonchev–Trinajstić information content (AvgIpc) is 2.56. The predicted octanol–water partition coefficient (Wildman–Crippen LogP) is 2.74. The summed E-state index contributed by atoms with van der Waals surface area (Å²) in [5.41, 5.74) is 2.98. The molecule has 0 saturated carbocycles. The molecule has 2 N–H and O–H groups in total. The van der Waals surface area contributed by atoms with E-state index in [0.29, 0.717) is 11.5 Å². The molecule has 0 aromatic heterocycles.